The number of benzene rings is 2. The second kappa shape index (κ2) is 13.6. The van der Waals surface area contributed by atoms with Crippen LogP contribution in [0.3, 0.4) is 0 Å². The fourth-order valence-corrected chi connectivity index (χ4v) is 2.91. The Morgan fingerprint density at radius 3 is 1.35 bits per heavy atom. The summed E-state index contributed by atoms with van der Waals surface area (Å²) >= 11 is 0. The molecular weight excluding hydrogens is 396 g/mol. The molecule has 6 heteroatoms. The summed E-state index contributed by atoms with van der Waals surface area (Å²) in [6, 6.07) is 16.6. The van der Waals surface area contributed by atoms with Gasteiger partial charge in [-0.3, -0.25) is 0 Å². The minimum atomic E-state index is -1.01. The molecule has 0 aliphatic heterocycles. The van der Waals surface area contributed by atoms with Crippen molar-refractivity contribution in [3.05, 3.63) is 71.8 Å². The molecule has 172 valence electrons. The first-order valence-corrected chi connectivity index (χ1v) is 10.4. The molecule has 0 heterocycles. The van der Waals surface area contributed by atoms with E-state index in [1.54, 1.807) is 74.5 Å². The molecule has 0 aromatic heterocycles. The molecule has 0 aliphatic rings. The highest BCUT2D eigenvalue weighted by Crippen LogP contribution is 2.32. The maximum Gasteiger partial charge on any atom is 0.335 e. The molecule has 0 spiro atoms. The third-order valence-electron chi connectivity index (χ3n) is 4.59. The molecule has 4 N–H and O–H groups in total. The summed E-state index contributed by atoms with van der Waals surface area (Å²) in [5.41, 5.74) is -1.28. The van der Waals surface area contributed by atoms with Gasteiger partial charge in [0.15, 0.2) is 0 Å². The maximum atomic E-state index is 10.3. The second-order valence-corrected chi connectivity index (χ2v) is 8.28. The van der Waals surface area contributed by atoms with Crippen LogP contribution in [-0.4, -0.2) is 43.6 Å². The van der Waals surface area contributed by atoms with Gasteiger partial charge in [0.25, 0.3) is 0 Å². The smallest absolute Gasteiger partial charge is 0.335 e. The van der Waals surface area contributed by atoms with Crippen molar-refractivity contribution < 1.29 is 30.0 Å². The lowest BCUT2D eigenvalue weighted by Gasteiger charge is -2.40. The first kappa shape index (κ1) is 28.3. The van der Waals surface area contributed by atoms with E-state index in [2.05, 4.69) is 13.8 Å². The van der Waals surface area contributed by atoms with Gasteiger partial charge >= 0.3 is 11.9 Å². The van der Waals surface area contributed by atoms with Crippen LogP contribution in [0.5, 0.6) is 0 Å². The van der Waals surface area contributed by atoms with Gasteiger partial charge in [0.2, 0.25) is 0 Å². The van der Waals surface area contributed by atoms with E-state index in [1.165, 1.54) is 0 Å². The van der Waals surface area contributed by atoms with Gasteiger partial charge in [0.05, 0.1) is 22.3 Å². The van der Waals surface area contributed by atoms with Crippen LogP contribution < -0.4 is 0 Å². The minimum absolute atomic E-state index is 0.331. The molecule has 0 bridgehead atoms. The molecule has 0 radical (unpaired) electrons. The van der Waals surface area contributed by atoms with Crippen LogP contribution in [-0.2, 0) is 0 Å². The quantitative estimate of drug-likeness (QED) is 0.484. The van der Waals surface area contributed by atoms with E-state index >= 15 is 0 Å². The van der Waals surface area contributed by atoms with Crippen LogP contribution in [0.25, 0.3) is 0 Å². The number of carbonyl (C=O) groups is 2. The Hall–Kier alpha value is -2.70. The van der Waals surface area contributed by atoms with Gasteiger partial charge in [0, 0.05) is 0 Å². The highest BCUT2D eigenvalue weighted by Gasteiger charge is 2.41. The molecule has 0 aliphatic carbocycles. The molecule has 2 aromatic carbocycles. The van der Waals surface area contributed by atoms with E-state index < -0.39 is 23.1 Å². The SMILES string of the molecule is CCCC(O)(CC(C)C)C(C)(C)O.O=C(O)c1ccccc1.O=C(O)c1ccccc1. The Morgan fingerprint density at radius 1 is 0.806 bits per heavy atom. The highest BCUT2D eigenvalue weighted by atomic mass is 16.4. The molecule has 1 atom stereocenters. The van der Waals surface area contributed by atoms with Gasteiger partial charge in [-0.25, -0.2) is 9.59 Å². The van der Waals surface area contributed by atoms with Gasteiger partial charge in [-0.05, 0) is 56.9 Å². The van der Waals surface area contributed by atoms with E-state index in [1.807, 2.05) is 6.92 Å². The minimum Gasteiger partial charge on any atom is -0.478 e. The maximum absolute atomic E-state index is 10.3. The molecule has 0 amide bonds. The van der Waals surface area contributed by atoms with Crippen LogP contribution in [0.15, 0.2) is 60.7 Å². The Kier molecular flexibility index (Phi) is 12.4. The monoisotopic (exact) mass is 432 g/mol. The molecular formula is C25H36O6. The summed E-state index contributed by atoms with van der Waals surface area (Å²) in [6.07, 6.45) is 2.21. The third kappa shape index (κ3) is 11.3. The third-order valence-corrected chi connectivity index (χ3v) is 4.59. The number of carboxylic acids is 2. The largest absolute Gasteiger partial charge is 0.478 e. The molecule has 31 heavy (non-hydrogen) atoms. The van der Waals surface area contributed by atoms with E-state index in [4.69, 9.17) is 10.2 Å². The number of aromatic carboxylic acids is 2. The standard InChI is InChI=1S/C11H24O2.2C7H6O2/c1-6-7-11(13,8-9(2)3)10(4,5)12;2*8-7(9)6-4-2-1-3-5-6/h9,12-13H,6-8H2,1-5H3;2*1-5H,(H,8,9). The average Bonchev–Trinajstić information content (AvgIpc) is 2.69. The van der Waals surface area contributed by atoms with Gasteiger partial charge in [0.1, 0.15) is 0 Å². The number of carboxylic acid groups (broad SMARTS) is 2. The summed E-state index contributed by atoms with van der Waals surface area (Å²) in [6.45, 7) is 9.52. The zero-order valence-electron chi connectivity index (χ0n) is 19.1. The second-order valence-electron chi connectivity index (χ2n) is 8.28. The van der Waals surface area contributed by atoms with E-state index in [0.29, 0.717) is 29.9 Å². The van der Waals surface area contributed by atoms with Crippen molar-refractivity contribution in [3.63, 3.8) is 0 Å². The summed E-state index contributed by atoms with van der Waals surface area (Å²) in [7, 11) is 0. The zero-order chi connectivity index (χ0) is 24.1. The number of rotatable bonds is 7. The summed E-state index contributed by atoms with van der Waals surface area (Å²) in [5, 5.41) is 36.9. The Balaban J connectivity index is 0.000000445. The fourth-order valence-electron chi connectivity index (χ4n) is 2.91. The lowest BCUT2D eigenvalue weighted by atomic mass is 9.76. The molecule has 2 aromatic rings. The number of hydrogen-bond acceptors (Lipinski definition) is 4. The fraction of sp³-hybridized carbons (Fsp3) is 0.440. The number of aliphatic hydroxyl groups is 2. The van der Waals surface area contributed by atoms with Gasteiger partial charge in [-0.1, -0.05) is 63.6 Å². The van der Waals surface area contributed by atoms with Gasteiger partial charge in [-0.15, -0.1) is 0 Å². The Morgan fingerprint density at radius 2 is 1.16 bits per heavy atom. The lowest BCUT2D eigenvalue weighted by molar-refractivity contribution is -0.145. The average molecular weight is 433 g/mol. The first-order valence-electron chi connectivity index (χ1n) is 10.4. The molecule has 6 nitrogen and oxygen atoms in total. The summed E-state index contributed by atoms with van der Waals surface area (Å²) in [5.74, 6) is -1.35. The highest BCUT2D eigenvalue weighted by molar-refractivity contribution is 5.87. The van der Waals surface area contributed by atoms with Crippen LogP contribution in [0.1, 0.15) is 74.6 Å². The van der Waals surface area contributed by atoms with E-state index in [-0.39, 0.29) is 0 Å². The Bertz CT molecular complexity index is 716. The molecule has 0 saturated carbocycles. The zero-order valence-corrected chi connectivity index (χ0v) is 19.1. The number of hydrogen-bond donors (Lipinski definition) is 4. The van der Waals surface area contributed by atoms with Crippen LogP contribution >= 0.6 is 0 Å². The predicted molar refractivity (Wildman–Crippen MR) is 122 cm³/mol. The van der Waals surface area contributed by atoms with E-state index in [0.717, 1.165) is 6.42 Å². The normalized spacial score (nSPS) is 12.5. The van der Waals surface area contributed by atoms with Crippen LogP contribution in [0.4, 0.5) is 0 Å². The van der Waals surface area contributed by atoms with Gasteiger partial charge in [-0.2, -0.15) is 0 Å². The summed E-state index contributed by atoms with van der Waals surface area (Å²) < 4.78 is 0. The van der Waals surface area contributed by atoms with Crippen molar-refractivity contribution >= 4 is 11.9 Å². The van der Waals surface area contributed by atoms with Gasteiger partial charge < -0.3 is 20.4 Å². The van der Waals surface area contributed by atoms with Crippen molar-refractivity contribution in [2.24, 2.45) is 5.92 Å². The summed E-state index contributed by atoms with van der Waals surface area (Å²) in [4.78, 5) is 20.4. The molecule has 1 unspecified atom stereocenters. The van der Waals surface area contributed by atoms with Crippen molar-refractivity contribution in [2.75, 3.05) is 0 Å². The first-order chi connectivity index (χ1) is 14.3. The van der Waals surface area contributed by atoms with Crippen LogP contribution in [0.2, 0.25) is 0 Å². The topological polar surface area (TPSA) is 115 Å². The predicted octanol–water partition coefficient (Wildman–Crippen LogP) is 5.10. The van der Waals surface area contributed by atoms with Crippen LogP contribution in [0, 0.1) is 5.92 Å². The molecule has 2 rings (SSSR count). The Labute approximate surface area is 185 Å². The van der Waals surface area contributed by atoms with Crippen molar-refractivity contribution in [3.8, 4) is 0 Å². The molecule has 0 fully saturated rings. The van der Waals surface area contributed by atoms with Crippen molar-refractivity contribution in [2.45, 2.75) is 65.1 Å². The van der Waals surface area contributed by atoms with E-state index in [9.17, 15) is 19.8 Å². The van der Waals surface area contributed by atoms with Crippen molar-refractivity contribution in [1.82, 2.24) is 0 Å². The molecule has 0 saturated heterocycles. The van der Waals surface area contributed by atoms with Crippen molar-refractivity contribution in [1.29, 1.82) is 0 Å². The lowest BCUT2D eigenvalue weighted by Crippen LogP contribution is -2.50.